The van der Waals surface area contributed by atoms with Crippen molar-refractivity contribution in [1.82, 2.24) is 9.97 Å². The smallest absolute Gasteiger partial charge is 0.259 e. The number of pyridine rings is 2. The van der Waals surface area contributed by atoms with Gasteiger partial charge in [-0.2, -0.15) is 0 Å². The fourth-order valence-electron chi connectivity index (χ4n) is 3.95. The lowest BCUT2D eigenvalue weighted by Gasteiger charge is -2.28. The fourth-order valence-corrected chi connectivity index (χ4v) is 3.95. The molecule has 2 N–H and O–H groups in total. The third-order valence-electron chi connectivity index (χ3n) is 5.63. The molecule has 0 amide bonds. The number of aromatic amines is 1. The van der Waals surface area contributed by atoms with E-state index in [0.29, 0.717) is 11.2 Å². The molecule has 1 fully saturated rings. The van der Waals surface area contributed by atoms with Crippen molar-refractivity contribution in [2.75, 3.05) is 43.6 Å². The Hall–Kier alpha value is -3.84. The maximum atomic E-state index is 12.6. The van der Waals surface area contributed by atoms with Crippen LogP contribution in [0.4, 0.5) is 17.2 Å². The summed E-state index contributed by atoms with van der Waals surface area (Å²) in [6, 6.07) is 19.7. The molecule has 162 valence electrons. The highest BCUT2D eigenvalue weighted by Gasteiger charge is 2.13. The number of benzene rings is 2. The largest absolute Gasteiger partial charge is 0.497 e. The molecule has 5 rings (SSSR count). The van der Waals surface area contributed by atoms with Crippen LogP contribution < -0.4 is 20.5 Å². The maximum absolute atomic E-state index is 12.6. The van der Waals surface area contributed by atoms with Gasteiger partial charge in [-0.05, 0) is 53.9 Å². The summed E-state index contributed by atoms with van der Waals surface area (Å²) in [6.07, 6.45) is 1.65. The first-order valence-electron chi connectivity index (χ1n) is 10.6. The third kappa shape index (κ3) is 4.02. The summed E-state index contributed by atoms with van der Waals surface area (Å²) in [6.45, 7) is 3.26. The topological polar surface area (TPSA) is 79.5 Å². The van der Waals surface area contributed by atoms with Crippen molar-refractivity contribution in [2.24, 2.45) is 0 Å². The van der Waals surface area contributed by atoms with E-state index in [1.807, 2.05) is 48.5 Å². The van der Waals surface area contributed by atoms with Gasteiger partial charge in [0.25, 0.3) is 5.56 Å². The van der Waals surface area contributed by atoms with Crippen LogP contribution in [0, 0.1) is 0 Å². The van der Waals surface area contributed by atoms with Crippen LogP contribution in [0.15, 0.2) is 71.7 Å². The Morgan fingerprint density at radius 1 is 1.06 bits per heavy atom. The average Bonchev–Trinajstić information content (AvgIpc) is 2.85. The molecule has 0 atom stereocenters. The van der Waals surface area contributed by atoms with Crippen LogP contribution in [-0.4, -0.2) is 43.4 Å². The Morgan fingerprint density at radius 3 is 2.66 bits per heavy atom. The van der Waals surface area contributed by atoms with Gasteiger partial charge in [-0.3, -0.25) is 4.79 Å². The van der Waals surface area contributed by atoms with E-state index in [-0.39, 0.29) is 5.56 Å². The molecule has 7 nitrogen and oxygen atoms in total. The second-order valence-corrected chi connectivity index (χ2v) is 7.63. The van der Waals surface area contributed by atoms with Crippen LogP contribution in [0.5, 0.6) is 5.75 Å². The Kier molecular flexibility index (Phi) is 5.47. The van der Waals surface area contributed by atoms with E-state index in [4.69, 9.17) is 14.5 Å². The summed E-state index contributed by atoms with van der Waals surface area (Å²) < 4.78 is 10.8. The monoisotopic (exact) mass is 428 g/mol. The lowest BCUT2D eigenvalue weighted by molar-refractivity contribution is 0.122. The number of aromatic nitrogens is 2. The predicted molar refractivity (Wildman–Crippen MR) is 127 cm³/mol. The van der Waals surface area contributed by atoms with Crippen molar-refractivity contribution in [3.05, 3.63) is 77.2 Å². The standard InChI is InChI=1S/C25H24N4O3/c1-31-21-4-2-3-17(15-21)22-16-18-9-10-26-25(30)23(18)24(28-22)27-19-5-7-20(8-6-19)29-11-13-32-14-12-29/h2-10,15-16H,11-14H2,1H3,(H,26,30)(H,27,28). The first kappa shape index (κ1) is 20.1. The summed E-state index contributed by atoms with van der Waals surface area (Å²) in [5.74, 6) is 1.27. The summed E-state index contributed by atoms with van der Waals surface area (Å²) >= 11 is 0. The molecule has 1 saturated heterocycles. The van der Waals surface area contributed by atoms with E-state index in [2.05, 4.69) is 27.3 Å². The van der Waals surface area contributed by atoms with Crippen LogP contribution >= 0.6 is 0 Å². The Balaban J connectivity index is 1.53. The van der Waals surface area contributed by atoms with E-state index in [1.165, 1.54) is 0 Å². The molecule has 0 unspecified atom stereocenters. The summed E-state index contributed by atoms with van der Waals surface area (Å²) in [4.78, 5) is 22.5. The van der Waals surface area contributed by atoms with Crippen molar-refractivity contribution >= 4 is 28.0 Å². The summed E-state index contributed by atoms with van der Waals surface area (Å²) in [7, 11) is 1.64. The fraction of sp³-hybridized carbons (Fsp3) is 0.200. The number of fused-ring (bicyclic) bond motifs is 1. The molecule has 4 aromatic rings. The minimum atomic E-state index is -0.181. The molecule has 0 bridgehead atoms. The van der Waals surface area contributed by atoms with Gasteiger partial charge in [0.05, 0.1) is 31.4 Å². The zero-order valence-electron chi connectivity index (χ0n) is 17.8. The zero-order chi connectivity index (χ0) is 21.9. The highest BCUT2D eigenvalue weighted by molar-refractivity contribution is 5.95. The van der Waals surface area contributed by atoms with Gasteiger partial charge in [-0.15, -0.1) is 0 Å². The number of methoxy groups -OCH3 is 1. The van der Waals surface area contributed by atoms with Crippen LogP contribution in [-0.2, 0) is 4.74 Å². The van der Waals surface area contributed by atoms with Gasteiger partial charge in [0.1, 0.15) is 11.6 Å². The summed E-state index contributed by atoms with van der Waals surface area (Å²) in [5, 5.41) is 4.69. The molecule has 2 aromatic carbocycles. The SMILES string of the molecule is COc1cccc(-c2cc3cc[nH]c(=O)c3c(Nc3ccc(N4CCOCC4)cc3)n2)c1. The molecule has 1 aliphatic rings. The number of anilines is 3. The zero-order valence-corrected chi connectivity index (χ0v) is 17.8. The van der Waals surface area contributed by atoms with Crippen molar-refractivity contribution < 1.29 is 9.47 Å². The molecule has 0 spiro atoms. The second-order valence-electron chi connectivity index (χ2n) is 7.63. The molecule has 0 radical (unpaired) electrons. The molecular formula is C25H24N4O3. The van der Waals surface area contributed by atoms with E-state index < -0.39 is 0 Å². The van der Waals surface area contributed by atoms with E-state index >= 15 is 0 Å². The lowest BCUT2D eigenvalue weighted by Crippen LogP contribution is -2.36. The highest BCUT2D eigenvalue weighted by Crippen LogP contribution is 2.30. The maximum Gasteiger partial charge on any atom is 0.259 e. The van der Waals surface area contributed by atoms with Gasteiger partial charge in [-0.1, -0.05) is 12.1 Å². The molecule has 1 aliphatic heterocycles. The van der Waals surface area contributed by atoms with E-state index in [0.717, 1.165) is 60.1 Å². The van der Waals surface area contributed by atoms with Gasteiger partial charge in [0.15, 0.2) is 0 Å². The third-order valence-corrected chi connectivity index (χ3v) is 5.63. The number of ether oxygens (including phenoxy) is 2. The number of hydrogen-bond donors (Lipinski definition) is 2. The minimum absolute atomic E-state index is 0.181. The number of nitrogens with zero attached hydrogens (tertiary/aromatic N) is 2. The van der Waals surface area contributed by atoms with Gasteiger partial charge >= 0.3 is 0 Å². The van der Waals surface area contributed by atoms with Crippen molar-refractivity contribution in [3.8, 4) is 17.0 Å². The predicted octanol–water partition coefficient (Wildman–Crippen LogP) is 4.18. The minimum Gasteiger partial charge on any atom is -0.497 e. The number of rotatable bonds is 5. The van der Waals surface area contributed by atoms with Crippen molar-refractivity contribution in [2.45, 2.75) is 0 Å². The molecular weight excluding hydrogens is 404 g/mol. The van der Waals surface area contributed by atoms with Crippen LogP contribution in [0.3, 0.4) is 0 Å². The molecule has 32 heavy (non-hydrogen) atoms. The summed E-state index contributed by atoms with van der Waals surface area (Å²) in [5.41, 5.74) is 3.51. The first-order valence-corrected chi connectivity index (χ1v) is 10.6. The molecule has 0 aliphatic carbocycles. The van der Waals surface area contributed by atoms with E-state index in [9.17, 15) is 4.79 Å². The first-order chi connectivity index (χ1) is 15.7. The Bertz CT molecular complexity index is 1290. The van der Waals surface area contributed by atoms with Gasteiger partial charge in [-0.25, -0.2) is 4.98 Å². The average molecular weight is 428 g/mol. The van der Waals surface area contributed by atoms with Crippen LogP contribution in [0.25, 0.3) is 22.0 Å². The van der Waals surface area contributed by atoms with Crippen molar-refractivity contribution in [3.63, 3.8) is 0 Å². The molecule has 2 aromatic heterocycles. The Labute approximate surface area is 185 Å². The number of H-pyrrole nitrogens is 1. The van der Waals surface area contributed by atoms with E-state index in [1.54, 1.807) is 13.3 Å². The van der Waals surface area contributed by atoms with Gasteiger partial charge in [0, 0.05) is 36.2 Å². The van der Waals surface area contributed by atoms with Crippen molar-refractivity contribution in [1.29, 1.82) is 0 Å². The molecule has 3 heterocycles. The van der Waals surface area contributed by atoms with Crippen LogP contribution in [0.1, 0.15) is 0 Å². The quantitative estimate of drug-likeness (QED) is 0.497. The number of morpholine rings is 1. The Morgan fingerprint density at radius 2 is 1.88 bits per heavy atom. The molecule has 7 heteroatoms. The van der Waals surface area contributed by atoms with Crippen LogP contribution in [0.2, 0.25) is 0 Å². The molecule has 0 saturated carbocycles. The van der Waals surface area contributed by atoms with Gasteiger partial charge < -0.3 is 24.7 Å². The second kappa shape index (κ2) is 8.72. The highest BCUT2D eigenvalue weighted by atomic mass is 16.5. The lowest BCUT2D eigenvalue weighted by atomic mass is 10.1. The normalized spacial score (nSPS) is 13.8. The number of hydrogen-bond acceptors (Lipinski definition) is 6. The number of nitrogens with one attached hydrogen (secondary N) is 2. The van der Waals surface area contributed by atoms with Gasteiger partial charge in [0.2, 0.25) is 0 Å².